The minimum absolute atomic E-state index is 0.0549. The highest BCUT2D eigenvalue weighted by Gasteiger charge is 2.67. The molecule has 2 aromatic rings. The van der Waals surface area contributed by atoms with Gasteiger partial charge in [-0.3, -0.25) is 28.5 Å². The second-order valence-corrected chi connectivity index (χ2v) is 21.2. The highest BCUT2D eigenvalue weighted by Crippen LogP contribution is 2.58. The summed E-state index contributed by atoms with van der Waals surface area (Å²) in [6, 6.07) is 2.14. The number of alkyl carbamates (subject to hydrolysis) is 1. The topological polar surface area (TPSA) is 204 Å². The van der Waals surface area contributed by atoms with Gasteiger partial charge in [-0.1, -0.05) is 33.6 Å². The first kappa shape index (κ1) is 42.2. The Labute approximate surface area is 346 Å². The van der Waals surface area contributed by atoms with E-state index < -0.39 is 86.5 Å². The summed E-state index contributed by atoms with van der Waals surface area (Å²) in [5, 5.41) is 5.54. The van der Waals surface area contributed by atoms with Gasteiger partial charge in [0, 0.05) is 19.0 Å². The summed E-state index contributed by atoms with van der Waals surface area (Å²) >= 11 is 0. The maximum atomic E-state index is 14.8. The van der Waals surface area contributed by atoms with Crippen molar-refractivity contribution in [2.45, 2.75) is 139 Å². The van der Waals surface area contributed by atoms with Gasteiger partial charge in [-0.05, 0) is 87.2 Å². The zero-order chi connectivity index (χ0) is 43.1. The van der Waals surface area contributed by atoms with E-state index >= 15 is 0 Å². The summed E-state index contributed by atoms with van der Waals surface area (Å²) in [7, 11) is -2.78. The van der Waals surface area contributed by atoms with Crippen molar-refractivity contribution in [2.75, 3.05) is 13.7 Å². The van der Waals surface area contributed by atoms with Crippen molar-refractivity contribution in [1.29, 1.82) is 0 Å². The van der Waals surface area contributed by atoms with Gasteiger partial charge in [-0.2, -0.15) is 4.98 Å². The number of benzene rings is 1. The number of sulfonamides is 1. The molecule has 1 aromatic heterocycles. The van der Waals surface area contributed by atoms with Gasteiger partial charge in [0.05, 0.1) is 35.2 Å². The second-order valence-electron chi connectivity index (χ2n) is 19.0. The molecule has 19 heteroatoms. The number of hydrogen-bond acceptors (Lipinski definition) is 11. The summed E-state index contributed by atoms with van der Waals surface area (Å²) in [6.07, 6.45) is -0.536. The number of alkyl halides is 2. The third-order valence-electron chi connectivity index (χ3n) is 13.7. The molecule has 1 saturated heterocycles. The normalized spacial score (nSPS) is 32.6. The Kier molecular flexibility index (Phi) is 10.6. The molecule has 60 heavy (non-hydrogen) atoms. The molecule has 0 unspecified atom stereocenters. The van der Waals surface area contributed by atoms with Crippen molar-refractivity contribution in [2.24, 2.45) is 29.1 Å². The average Bonchev–Trinajstić information content (AvgIpc) is 4.14. The third kappa shape index (κ3) is 7.78. The van der Waals surface area contributed by atoms with E-state index in [2.05, 4.69) is 10.6 Å². The lowest BCUT2D eigenvalue weighted by Crippen LogP contribution is -2.60. The van der Waals surface area contributed by atoms with Crippen LogP contribution in [-0.2, 0) is 35.7 Å². The maximum absolute atomic E-state index is 14.8. The van der Waals surface area contributed by atoms with Crippen molar-refractivity contribution >= 4 is 44.7 Å². The summed E-state index contributed by atoms with van der Waals surface area (Å²) in [4.78, 5) is 76.4. The number of amides is 4. The fourth-order valence-electron chi connectivity index (χ4n) is 9.54. The monoisotopic (exact) mass is 860 g/mol. The molecule has 3 N–H and O–H groups in total. The molecule has 5 fully saturated rings. The minimum atomic E-state index is -4.26. The molecule has 16 nitrogen and oxygen atoms in total. The number of aromatic nitrogens is 2. The fourth-order valence-corrected chi connectivity index (χ4v) is 10.8. The van der Waals surface area contributed by atoms with Gasteiger partial charge in [0.2, 0.25) is 28.3 Å². The lowest BCUT2D eigenvalue weighted by atomic mass is 9.85. The molecule has 2 bridgehead atoms. The van der Waals surface area contributed by atoms with E-state index in [0.29, 0.717) is 34.9 Å². The summed E-state index contributed by atoms with van der Waals surface area (Å²) in [6.45, 7) is 6.63. The van der Waals surface area contributed by atoms with Crippen molar-refractivity contribution in [3.8, 4) is 11.8 Å². The smallest absolute Gasteiger partial charge is 0.408 e. The zero-order valence-electron chi connectivity index (χ0n) is 34.5. The molecule has 0 spiro atoms. The van der Waals surface area contributed by atoms with Crippen LogP contribution in [-0.4, -0.2) is 101 Å². The standard InChI is InChI=1S/C41H54F2N6O10S/c1-39(2,3)31-35(52)49-20-23(18-29(49)33(50)46-41(19-27(41)32(42)43)36(53)47-60(55,56)40(4)12-13-40)58-37-44-28-17-22(57-5)10-11-25(28)34(51)48(37)14-8-6-7-9-24-26-15-21(26)16-30(24)59-38(54)45-31/h10-11,17,21,23-24,26-27,29-32H,6-9,12-16,18-20H2,1-5H3,(H,45,54)(H,46,50)(H,47,53)/t21-,23+,24+,26-,27-,29-,30+,31+,41+/m0/s1. The molecule has 4 saturated carbocycles. The molecular weight excluding hydrogens is 807 g/mol. The van der Waals surface area contributed by atoms with Gasteiger partial charge in [0.25, 0.3) is 17.5 Å². The first-order valence-corrected chi connectivity index (χ1v) is 22.4. The molecule has 3 heterocycles. The lowest BCUT2D eigenvalue weighted by Gasteiger charge is -2.36. The average molecular weight is 861 g/mol. The van der Waals surface area contributed by atoms with Crippen LogP contribution < -0.4 is 30.4 Å². The van der Waals surface area contributed by atoms with E-state index in [0.717, 1.165) is 32.1 Å². The molecule has 6 aliphatic rings. The quantitative estimate of drug-likeness (QED) is 0.367. The molecular formula is C41H54F2N6O10S. The molecule has 2 aliphatic heterocycles. The second kappa shape index (κ2) is 15.1. The van der Waals surface area contributed by atoms with E-state index in [1.165, 1.54) is 23.5 Å². The number of nitrogens with zero attached hydrogens (tertiary/aromatic N) is 3. The summed E-state index contributed by atoms with van der Waals surface area (Å²) < 4.78 is 74.7. The molecule has 0 radical (unpaired) electrons. The summed E-state index contributed by atoms with van der Waals surface area (Å²) in [5.74, 6) is -3.13. The van der Waals surface area contributed by atoms with Gasteiger partial charge in [-0.15, -0.1) is 0 Å². The zero-order valence-corrected chi connectivity index (χ0v) is 35.3. The molecule has 4 amide bonds. The van der Waals surface area contributed by atoms with Crippen LogP contribution in [0.5, 0.6) is 11.8 Å². The van der Waals surface area contributed by atoms with Crippen LogP contribution in [0.15, 0.2) is 23.0 Å². The van der Waals surface area contributed by atoms with Gasteiger partial charge < -0.3 is 29.7 Å². The summed E-state index contributed by atoms with van der Waals surface area (Å²) in [5.41, 5.74) is -3.27. The Bertz CT molecular complexity index is 2260. The number of halogens is 2. The van der Waals surface area contributed by atoms with Crippen LogP contribution in [0.25, 0.3) is 10.9 Å². The van der Waals surface area contributed by atoms with Crippen LogP contribution in [0.2, 0.25) is 0 Å². The van der Waals surface area contributed by atoms with Crippen molar-refractivity contribution in [3.63, 3.8) is 0 Å². The molecule has 9 atom stereocenters. The number of hydrogen-bond donors (Lipinski definition) is 3. The Hall–Kier alpha value is -4.55. The largest absolute Gasteiger partial charge is 0.497 e. The Balaban J connectivity index is 1.15. The maximum Gasteiger partial charge on any atom is 0.408 e. The number of methoxy groups -OCH3 is 1. The van der Waals surface area contributed by atoms with Gasteiger partial charge in [0.15, 0.2) is 0 Å². The number of rotatable bonds is 7. The Morgan fingerprint density at radius 1 is 1.05 bits per heavy atom. The third-order valence-corrected chi connectivity index (χ3v) is 15.9. The Morgan fingerprint density at radius 2 is 1.80 bits per heavy atom. The first-order chi connectivity index (χ1) is 28.2. The Morgan fingerprint density at radius 3 is 2.47 bits per heavy atom. The van der Waals surface area contributed by atoms with E-state index in [1.54, 1.807) is 39.0 Å². The van der Waals surface area contributed by atoms with Crippen LogP contribution in [0.1, 0.15) is 91.9 Å². The molecule has 1 aromatic carbocycles. The fraction of sp³-hybridized carbons (Fsp3) is 0.707. The predicted octanol–water partition coefficient (Wildman–Crippen LogP) is 3.63. The van der Waals surface area contributed by atoms with Crippen molar-refractivity contribution in [1.82, 2.24) is 29.8 Å². The van der Waals surface area contributed by atoms with E-state index in [1.807, 2.05) is 4.72 Å². The van der Waals surface area contributed by atoms with E-state index in [-0.39, 0.29) is 55.9 Å². The first-order valence-electron chi connectivity index (χ1n) is 20.9. The van der Waals surface area contributed by atoms with Crippen LogP contribution in [0, 0.1) is 29.1 Å². The highest BCUT2D eigenvalue weighted by molar-refractivity contribution is 7.91. The van der Waals surface area contributed by atoms with E-state index in [9.17, 15) is 41.2 Å². The molecule has 8 rings (SSSR count). The molecule has 4 aliphatic carbocycles. The van der Waals surface area contributed by atoms with Crippen LogP contribution in [0.4, 0.5) is 13.6 Å². The number of nitrogens with one attached hydrogen (secondary N) is 3. The molecule has 328 valence electrons. The van der Waals surface area contributed by atoms with Crippen molar-refractivity contribution < 1.29 is 50.6 Å². The van der Waals surface area contributed by atoms with Crippen LogP contribution >= 0.6 is 0 Å². The van der Waals surface area contributed by atoms with Gasteiger partial charge >= 0.3 is 6.09 Å². The van der Waals surface area contributed by atoms with E-state index in [4.69, 9.17) is 19.2 Å². The SMILES string of the molecule is COc1ccc2c(=O)n3c(nc2c1)O[C@@H]1C[C@@H](C(=O)N[C@]2(C(=O)NS(=O)(=O)C4(C)CC4)C[C@H]2C(F)F)N(C1)C(=O)[C@H](C(C)(C)C)NC(=O)O[C@@H]1C[C@@H]2C[C@@H]2[C@H]1CCCCC3. The van der Waals surface area contributed by atoms with Gasteiger partial charge in [0.1, 0.15) is 35.6 Å². The predicted molar refractivity (Wildman–Crippen MR) is 212 cm³/mol. The number of ether oxygens (including phenoxy) is 3. The highest BCUT2D eigenvalue weighted by atomic mass is 32.2. The lowest BCUT2D eigenvalue weighted by molar-refractivity contribution is -0.143. The number of carbonyl (C=O) groups is 4. The van der Waals surface area contributed by atoms with Gasteiger partial charge in [-0.25, -0.2) is 22.0 Å². The minimum Gasteiger partial charge on any atom is -0.497 e. The number of fused-ring (bicyclic) bond motifs is 7. The number of carbonyl (C=O) groups excluding carboxylic acids is 4. The van der Waals surface area contributed by atoms with Crippen LogP contribution in [0.3, 0.4) is 0 Å². The van der Waals surface area contributed by atoms with Crippen molar-refractivity contribution in [3.05, 3.63) is 28.6 Å².